The van der Waals surface area contributed by atoms with Crippen molar-refractivity contribution >= 4 is 17.4 Å². The van der Waals surface area contributed by atoms with E-state index in [1.165, 1.54) is 0 Å². The van der Waals surface area contributed by atoms with Gasteiger partial charge in [-0.15, -0.1) is 5.10 Å². The molecular weight excluding hydrogens is 266 g/mol. The van der Waals surface area contributed by atoms with E-state index >= 15 is 0 Å². The molecule has 8 heteroatoms. The van der Waals surface area contributed by atoms with E-state index in [2.05, 4.69) is 20.0 Å². The van der Waals surface area contributed by atoms with Gasteiger partial charge >= 0.3 is 0 Å². The fraction of sp³-hybridized carbons (Fsp3) is 0.455. The largest absolute Gasteiger partial charge is 0.378 e. The summed E-state index contributed by atoms with van der Waals surface area (Å²) in [6.07, 6.45) is 3.61. The van der Waals surface area contributed by atoms with Gasteiger partial charge in [0, 0.05) is 18.9 Å². The van der Waals surface area contributed by atoms with Gasteiger partial charge < -0.3 is 10.1 Å². The SMILES string of the molecule is Cc1nnsc1C(=O)NCCOCCn1cccn1. The summed E-state index contributed by atoms with van der Waals surface area (Å²) < 4.78 is 10.9. The molecule has 1 N–H and O–H groups in total. The summed E-state index contributed by atoms with van der Waals surface area (Å²) in [5.74, 6) is -0.150. The Morgan fingerprint density at radius 3 is 3.11 bits per heavy atom. The molecule has 2 heterocycles. The first-order valence-electron chi connectivity index (χ1n) is 5.89. The molecule has 0 aliphatic rings. The zero-order chi connectivity index (χ0) is 13.5. The van der Waals surface area contributed by atoms with E-state index in [4.69, 9.17) is 4.74 Å². The molecule has 0 spiro atoms. The van der Waals surface area contributed by atoms with E-state index < -0.39 is 0 Å². The van der Waals surface area contributed by atoms with Crippen LogP contribution in [0.5, 0.6) is 0 Å². The number of nitrogens with one attached hydrogen (secondary N) is 1. The molecule has 0 aliphatic carbocycles. The van der Waals surface area contributed by atoms with Crippen LogP contribution in [0.2, 0.25) is 0 Å². The van der Waals surface area contributed by atoms with Crippen molar-refractivity contribution < 1.29 is 9.53 Å². The maximum absolute atomic E-state index is 11.7. The summed E-state index contributed by atoms with van der Waals surface area (Å²) in [4.78, 5) is 12.2. The smallest absolute Gasteiger partial charge is 0.265 e. The van der Waals surface area contributed by atoms with Gasteiger partial charge in [-0.2, -0.15) is 5.10 Å². The number of carbonyl (C=O) groups excluding carboxylic acids is 1. The Kier molecular flexibility index (Phi) is 4.99. The summed E-state index contributed by atoms with van der Waals surface area (Å²) in [6, 6.07) is 1.87. The molecule has 0 bridgehead atoms. The van der Waals surface area contributed by atoms with Gasteiger partial charge in [-0.05, 0) is 24.5 Å². The molecule has 2 aromatic heterocycles. The number of rotatable bonds is 7. The lowest BCUT2D eigenvalue weighted by Crippen LogP contribution is -2.27. The number of carbonyl (C=O) groups is 1. The number of aryl methyl sites for hydroxylation is 1. The average Bonchev–Trinajstić information content (AvgIpc) is 3.04. The second-order valence-electron chi connectivity index (χ2n) is 3.82. The number of ether oxygens (including phenoxy) is 1. The molecular formula is C11H15N5O2S. The van der Waals surface area contributed by atoms with Crippen molar-refractivity contribution in [2.45, 2.75) is 13.5 Å². The fourth-order valence-corrected chi connectivity index (χ4v) is 2.02. The molecule has 19 heavy (non-hydrogen) atoms. The highest BCUT2D eigenvalue weighted by Crippen LogP contribution is 2.07. The molecule has 0 fully saturated rings. The van der Waals surface area contributed by atoms with Gasteiger partial charge in [-0.25, -0.2) is 0 Å². The third-order valence-electron chi connectivity index (χ3n) is 2.41. The topological polar surface area (TPSA) is 81.9 Å². The van der Waals surface area contributed by atoms with Crippen molar-refractivity contribution in [1.82, 2.24) is 24.7 Å². The van der Waals surface area contributed by atoms with Crippen LogP contribution in [0.3, 0.4) is 0 Å². The van der Waals surface area contributed by atoms with Gasteiger partial charge in [0.25, 0.3) is 5.91 Å². The second kappa shape index (κ2) is 6.95. The fourth-order valence-electron chi connectivity index (χ4n) is 1.45. The molecule has 0 saturated carbocycles. The first-order valence-corrected chi connectivity index (χ1v) is 6.67. The van der Waals surface area contributed by atoms with E-state index in [1.807, 2.05) is 12.3 Å². The van der Waals surface area contributed by atoms with Crippen LogP contribution in [-0.2, 0) is 11.3 Å². The van der Waals surface area contributed by atoms with Crippen LogP contribution in [0.25, 0.3) is 0 Å². The highest BCUT2D eigenvalue weighted by molar-refractivity contribution is 7.07. The third kappa shape index (κ3) is 4.11. The third-order valence-corrected chi connectivity index (χ3v) is 3.24. The van der Waals surface area contributed by atoms with Gasteiger partial charge in [0.1, 0.15) is 4.88 Å². The summed E-state index contributed by atoms with van der Waals surface area (Å²) in [5, 5.41) is 10.6. The zero-order valence-corrected chi connectivity index (χ0v) is 11.4. The lowest BCUT2D eigenvalue weighted by atomic mass is 10.4. The second-order valence-corrected chi connectivity index (χ2v) is 4.58. The number of hydrogen-bond donors (Lipinski definition) is 1. The van der Waals surface area contributed by atoms with Crippen LogP contribution in [0.15, 0.2) is 18.5 Å². The standard InChI is InChI=1S/C11H15N5O2S/c1-9-10(19-15-14-9)11(17)12-4-7-18-8-6-16-5-2-3-13-16/h2-3,5H,4,6-8H2,1H3,(H,12,17). The lowest BCUT2D eigenvalue weighted by molar-refractivity contribution is 0.0909. The van der Waals surface area contributed by atoms with Crippen LogP contribution in [0, 0.1) is 6.92 Å². The van der Waals surface area contributed by atoms with Gasteiger partial charge in [-0.3, -0.25) is 9.48 Å². The zero-order valence-electron chi connectivity index (χ0n) is 10.6. The van der Waals surface area contributed by atoms with Gasteiger partial charge in [0.05, 0.1) is 25.5 Å². The molecule has 0 saturated heterocycles. The molecule has 2 rings (SSSR count). The predicted octanol–water partition coefficient (Wildman–Crippen LogP) is 0.490. The normalized spacial score (nSPS) is 10.6. The molecule has 0 aliphatic heterocycles. The Morgan fingerprint density at radius 2 is 2.42 bits per heavy atom. The van der Waals surface area contributed by atoms with Gasteiger partial charge in [0.15, 0.2) is 0 Å². The highest BCUT2D eigenvalue weighted by atomic mass is 32.1. The number of nitrogens with zero attached hydrogens (tertiary/aromatic N) is 4. The lowest BCUT2D eigenvalue weighted by Gasteiger charge is -2.05. The summed E-state index contributed by atoms with van der Waals surface area (Å²) >= 11 is 1.10. The molecule has 0 atom stereocenters. The summed E-state index contributed by atoms with van der Waals surface area (Å²) in [7, 11) is 0. The quantitative estimate of drug-likeness (QED) is 0.747. The molecule has 7 nitrogen and oxygen atoms in total. The highest BCUT2D eigenvalue weighted by Gasteiger charge is 2.11. The van der Waals surface area contributed by atoms with E-state index in [0.717, 1.165) is 11.5 Å². The number of amides is 1. The van der Waals surface area contributed by atoms with Crippen molar-refractivity contribution in [1.29, 1.82) is 0 Å². The van der Waals surface area contributed by atoms with E-state index in [0.29, 0.717) is 36.9 Å². The summed E-state index contributed by atoms with van der Waals surface area (Å²) in [5.41, 5.74) is 0.655. The maximum atomic E-state index is 11.7. The van der Waals surface area contributed by atoms with Crippen molar-refractivity contribution in [3.63, 3.8) is 0 Å². The maximum Gasteiger partial charge on any atom is 0.265 e. The molecule has 1 amide bonds. The van der Waals surface area contributed by atoms with Crippen molar-refractivity contribution in [2.24, 2.45) is 0 Å². The van der Waals surface area contributed by atoms with E-state index in [1.54, 1.807) is 17.8 Å². The minimum atomic E-state index is -0.150. The molecule has 0 aromatic carbocycles. The Balaban J connectivity index is 1.57. The number of aromatic nitrogens is 4. The predicted molar refractivity (Wildman–Crippen MR) is 70.0 cm³/mol. The van der Waals surface area contributed by atoms with Crippen LogP contribution in [0.4, 0.5) is 0 Å². The Hall–Kier alpha value is -1.80. The Labute approximate surface area is 114 Å². The average molecular weight is 281 g/mol. The van der Waals surface area contributed by atoms with E-state index in [-0.39, 0.29) is 5.91 Å². The summed E-state index contributed by atoms with van der Waals surface area (Å²) in [6.45, 7) is 3.98. The minimum Gasteiger partial charge on any atom is -0.378 e. The van der Waals surface area contributed by atoms with Crippen molar-refractivity contribution in [3.8, 4) is 0 Å². The molecule has 102 valence electrons. The van der Waals surface area contributed by atoms with Crippen molar-refractivity contribution in [3.05, 3.63) is 29.0 Å². The van der Waals surface area contributed by atoms with Crippen LogP contribution < -0.4 is 5.32 Å². The molecule has 2 aromatic rings. The van der Waals surface area contributed by atoms with Crippen LogP contribution >= 0.6 is 11.5 Å². The Bertz CT molecular complexity index is 511. The molecule has 0 unspecified atom stereocenters. The van der Waals surface area contributed by atoms with Gasteiger partial charge in [-0.1, -0.05) is 4.49 Å². The first-order chi connectivity index (χ1) is 9.27. The first kappa shape index (κ1) is 13.6. The van der Waals surface area contributed by atoms with Crippen molar-refractivity contribution in [2.75, 3.05) is 19.8 Å². The van der Waals surface area contributed by atoms with Crippen LogP contribution in [-0.4, -0.2) is 45.0 Å². The number of hydrogen-bond acceptors (Lipinski definition) is 6. The Morgan fingerprint density at radius 1 is 1.53 bits per heavy atom. The van der Waals surface area contributed by atoms with Crippen LogP contribution in [0.1, 0.15) is 15.4 Å². The minimum absolute atomic E-state index is 0.150. The molecule has 0 radical (unpaired) electrons. The van der Waals surface area contributed by atoms with Gasteiger partial charge in [0.2, 0.25) is 0 Å². The monoisotopic (exact) mass is 281 g/mol. The van der Waals surface area contributed by atoms with E-state index in [9.17, 15) is 4.79 Å².